The Hall–Kier alpha value is -2.44. The Balaban J connectivity index is 1.43. The lowest BCUT2D eigenvalue weighted by molar-refractivity contribution is -0.136. The van der Waals surface area contributed by atoms with Crippen molar-refractivity contribution in [3.63, 3.8) is 0 Å². The molecule has 0 aliphatic carbocycles. The predicted molar refractivity (Wildman–Crippen MR) is 112 cm³/mol. The van der Waals surface area contributed by atoms with Gasteiger partial charge in [-0.3, -0.25) is 14.7 Å². The van der Waals surface area contributed by atoms with Crippen LogP contribution in [-0.4, -0.2) is 73.7 Å². The number of nitrogens with zero attached hydrogens (tertiary/aromatic N) is 3. The zero-order valence-electron chi connectivity index (χ0n) is 17.0. The quantitative estimate of drug-likeness (QED) is 0.779. The predicted octanol–water partition coefficient (Wildman–Crippen LogP) is 2.80. The third-order valence-electron chi connectivity index (χ3n) is 5.78. The average molecular weight is 396 g/mol. The van der Waals surface area contributed by atoms with E-state index >= 15 is 0 Å². The Labute approximate surface area is 172 Å². The molecule has 1 aromatic heterocycles. The lowest BCUT2D eigenvalue weighted by atomic mass is 9.93. The molecule has 3 heterocycles. The van der Waals surface area contributed by atoms with Crippen LogP contribution in [0.4, 0.5) is 0 Å². The Morgan fingerprint density at radius 3 is 2.83 bits per heavy atom. The number of amides is 1. The standard InChI is InChI=1S/C23H29N3O3/c1-28-20-7-2-5-18(15-20)21-8-3-9-22(24-21)19-6-4-10-25(16-19)17-23(27)26-11-13-29-14-12-26/h2-3,5,7-9,15,19H,4,6,10-14,16-17H2,1H3. The van der Waals surface area contributed by atoms with Gasteiger partial charge in [-0.1, -0.05) is 18.2 Å². The fourth-order valence-electron chi connectivity index (χ4n) is 4.17. The van der Waals surface area contributed by atoms with Crippen LogP contribution < -0.4 is 4.74 Å². The fraction of sp³-hybridized carbons (Fsp3) is 0.478. The van der Waals surface area contributed by atoms with Crippen molar-refractivity contribution in [1.82, 2.24) is 14.8 Å². The van der Waals surface area contributed by atoms with E-state index in [1.165, 1.54) is 0 Å². The summed E-state index contributed by atoms with van der Waals surface area (Å²) >= 11 is 0. The van der Waals surface area contributed by atoms with Gasteiger partial charge in [-0.2, -0.15) is 0 Å². The summed E-state index contributed by atoms with van der Waals surface area (Å²) in [7, 11) is 1.68. The van der Waals surface area contributed by atoms with Crippen LogP contribution in [0.5, 0.6) is 5.75 Å². The molecule has 2 aliphatic heterocycles. The van der Waals surface area contributed by atoms with Crippen LogP contribution in [0.1, 0.15) is 24.5 Å². The molecule has 0 bridgehead atoms. The van der Waals surface area contributed by atoms with Crippen molar-refractivity contribution < 1.29 is 14.3 Å². The van der Waals surface area contributed by atoms with Crippen molar-refractivity contribution in [1.29, 1.82) is 0 Å². The fourth-order valence-corrected chi connectivity index (χ4v) is 4.17. The first kappa shape index (κ1) is 19.9. The Kier molecular flexibility index (Phi) is 6.42. The number of methoxy groups -OCH3 is 1. The topological polar surface area (TPSA) is 54.9 Å². The van der Waals surface area contributed by atoms with Gasteiger partial charge in [0.2, 0.25) is 5.91 Å². The van der Waals surface area contributed by atoms with Crippen LogP contribution in [0.3, 0.4) is 0 Å². The summed E-state index contributed by atoms with van der Waals surface area (Å²) in [5.41, 5.74) is 3.12. The largest absolute Gasteiger partial charge is 0.497 e. The summed E-state index contributed by atoms with van der Waals surface area (Å²) in [4.78, 5) is 21.8. The number of likely N-dealkylation sites (tertiary alicyclic amines) is 1. The summed E-state index contributed by atoms with van der Waals surface area (Å²) in [5.74, 6) is 1.40. The van der Waals surface area contributed by atoms with E-state index in [0.717, 1.165) is 48.6 Å². The van der Waals surface area contributed by atoms with Gasteiger partial charge in [0.1, 0.15) is 5.75 Å². The van der Waals surface area contributed by atoms with Gasteiger partial charge in [-0.25, -0.2) is 0 Å². The number of morpholine rings is 1. The van der Waals surface area contributed by atoms with E-state index < -0.39 is 0 Å². The number of hydrogen-bond acceptors (Lipinski definition) is 5. The molecule has 29 heavy (non-hydrogen) atoms. The molecule has 1 unspecified atom stereocenters. The first-order valence-electron chi connectivity index (χ1n) is 10.4. The highest BCUT2D eigenvalue weighted by Crippen LogP contribution is 2.28. The van der Waals surface area contributed by atoms with E-state index in [1.807, 2.05) is 29.2 Å². The highest BCUT2D eigenvalue weighted by atomic mass is 16.5. The van der Waals surface area contributed by atoms with E-state index in [2.05, 4.69) is 23.1 Å². The van der Waals surface area contributed by atoms with E-state index in [9.17, 15) is 4.79 Å². The molecule has 6 nitrogen and oxygen atoms in total. The maximum absolute atomic E-state index is 12.6. The molecule has 4 rings (SSSR count). The second kappa shape index (κ2) is 9.37. The van der Waals surface area contributed by atoms with Crippen molar-refractivity contribution in [3.8, 4) is 17.0 Å². The van der Waals surface area contributed by atoms with Crippen LogP contribution in [0, 0.1) is 0 Å². The highest BCUT2D eigenvalue weighted by Gasteiger charge is 2.26. The van der Waals surface area contributed by atoms with Gasteiger partial charge >= 0.3 is 0 Å². The second-order valence-electron chi connectivity index (χ2n) is 7.75. The zero-order chi connectivity index (χ0) is 20.1. The SMILES string of the molecule is COc1cccc(-c2cccc(C3CCCN(CC(=O)N4CCOCC4)C3)n2)c1. The maximum atomic E-state index is 12.6. The molecule has 2 saturated heterocycles. The maximum Gasteiger partial charge on any atom is 0.236 e. The number of piperidine rings is 1. The summed E-state index contributed by atoms with van der Waals surface area (Å²) in [6, 6.07) is 14.2. The highest BCUT2D eigenvalue weighted by molar-refractivity contribution is 5.78. The van der Waals surface area contributed by atoms with Gasteiger partial charge in [0.15, 0.2) is 0 Å². The molecular formula is C23H29N3O3. The Bertz CT molecular complexity index is 836. The molecule has 1 amide bonds. The summed E-state index contributed by atoms with van der Waals surface area (Å²) in [6.07, 6.45) is 2.20. The lowest BCUT2D eigenvalue weighted by Gasteiger charge is -2.34. The van der Waals surface area contributed by atoms with E-state index in [1.54, 1.807) is 7.11 Å². The van der Waals surface area contributed by atoms with Crippen molar-refractivity contribution in [2.75, 3.05) is 53.0 Å². The number of pyridine rings is 1. The molecule has 154 valence electrons. The van der Waals surface area contributed by atoms with Crippen molar-refractivity contribution >= 4 is 5.91 Å². The van der Waals surface area contributed by atoms with Gasteiger partial charge < -0.3 is 14.4 Å². The van der Waals surface area contributed by atoms with E-state index in [0.29, 0.717) is 38.8 Å². The summed E-state index contributed by atoms with van der Waals surface area (Å²) < 4.78 is 10.7. The third kappa shape index (κ3) is 4.95. The number of carbonyl (C=O) groups excluding carboxylic acids is 1. The lowest BCUT2D eigenvalue weighted by Crippen LogP contribution is -2.47. The van der Waals surface area contributed by atoms with Gasteiger partial charge in [-0.15, -0.1) is 0 Å². The first-order valence-corrected chi connectivity index (χ1v) is 10.4. The minimum atomic E-state index is 0.215. The second-order valence-corrected chi connectivity index (χ2v) is 7.75. The third-order valence-corrected chi connectivity index (χ3v) is 5.78. The molecule has 2 aromatic rings. The molecule has 0 radical (unpaired) electrons. The zero-order valence-corrected chi connectivity index (χ0v) is 17.0. The molecule has 2 fully saturated rings. The van der Waals surface area contributed by atoms with Gasteiger partial charge in [0, 0.05) is 36.8 Å². The molecule has 0 spiro atoms. The number of aromatic nitrogens is 1. The molecule has 2 aliphatic rings. The van der Waals surface area contributed by atoms with E-state index in [4.69, 9.17) is 14.5 Å². The number of carbonyl (C=O) groups is 1. The number of hydrogen-bond donors (Lipinski definition) is 0. The molecule has 0 N–H and O–H groups in total. The number of ether oxygens (including phenoxy) is 2. The number of benzene rings is 1. The Morgan fingerprint density at radius 2 is 2.00 bits per heavy atom. The minimum absolute atomic E-state index is 0.215. The Morgan fingerprint density at radius 1 is 1.17 bits per heavy atom. The van der Waals surface area contributed by atoms with Crippen LogP contribution in [-0.2, 0) is 9.53 Å². The average Bonchev–Trinajstić information content (AvgIpc) is 2.80. The summed E-state index contributed by atoms with van der Waals surface area (Å²) in [6.45, 7) is 5.06. The van der Waals surface area contributed by atoms with Crippen LogP contribution in [0.15, 0.2) is 42.5 Å². The van der Waals surface area contributed by atoms with E-state index in [-0.39, 0.29) is 5.91 Å². The minimum Gasteiger partial charge on any atom is -0.497 e. The van der Waals surface area contributed by atoms with Gasteiger partial charge in [0.05, 0.1) is 32.6 Å². The molecule has 1 aromatic carbocycles. The van der Waals surface area contributed by atoms with Crippen molar-refractivity contribution in [2.24, 2.45) is 0 Å². The van der Waals surface area contributed by atoms with Crippen molar-refractivity contribution in [3.05, 3.63) is 48.2 Å². The van der Waals surface area contributed by atoms with Gasteiger partial charge in [-0.05, 0) is 43.7 Å². The summed E-state index contributed by atoms with van der Waals surface area (Å²) in [5, 5.41) is 0. The van der Waals surface area contributed by atoms with Crippen LogP contribution in [0.2, 0.25) is 0 Å². The molecule has 1 atom stereocenters. The molecular weight excluding hydrogens is 366 g/mol. The molecule has 6 heteroatoms. The monoisotopic (exact) mass is 395 g/mol. The van der Waals surface area contributed by atoms with Gasteiger partial charge in [0.25, 0.3) is 0 Å². The number of rotatable bonds is 5. The van der Waals surface area contributed by atoms with Crippen LogP contribution in [0.25, 0.3) is 11.3 Å². The smallest absolute Gasteiger partial charge is 0.236 e. The first-order chi connectivity index (χ1) is 14.2. The van der Waals surface area contributed by atoms with Crippen molar-refractivity contribution in [2.45, 2.75) is 18.8 Å². The molecule has 0 saturated carbocycles. The normalized spacial score (nSPS) is 20.4. The van der Waals surface area contributed by atoms with Crippen LogP contribution >= 0.6 is 0 Å².